The average Bonchev–Trinajstić information content (AvgIpc) is 2.27. The van der Waals surface area contributed by atoms with Crippen molar-refractivity contribution in [2.45, 2.75) is 0 Å². The lowest BCUT2D eigenvalue weighted by atomic mass is 10.1. The Hall–Kier alpha value is -2.21. The maximum absolute atomic E-state index is 10.8. The Labute approximate surface area is 103 Å². The second-order valence-electron chi connectivity index (χ2n) is 3.22. The number of benzene rings is 1. The summed E-state index contributed by atoms with van der Waals surface area (Å²) in [6, 6.07) is 7.91. The van der Waals surface area contributed by atoms with Crippen molar-refractivity contribution < 1.29 is 4.92 Å². The second kappa shape index (κ2) is 4.75. The van der Waals surface area contributed by atoms with E-state index in [1.165, 1.54) is 6.07 Å². The van der Waals surface area contributed by atoms with Crippen LogP contribution in [0.4, 0.5) is 5.69 Å². The van der Waals surface area contributed by atoms with Gasteiger partial charge in [-0.15, -0.1) is 12.4 Å². The molecule has 0 fully saturated rings. The first kappa shape index (κ1) is 12.9. The molecule has 3 N–H and O–H groups in total. The molecule has 6 nitrogen and oxygen atoms in total. The molecule has 0 amide bonds. The van der Waals surface area contributed by atoms with Crippen LogP contribution in [0.5, 0.6) is 0 Å². The lowest BCUT2D eigenvalue weighted by Crippen LogP contribution is -2.13. The fourth-order valence-corrected chi connectivity index (χ4v) is 1.43. The predicted molar refractivity (Wildman–Crippen MR) is 66.7 cm³/mol. The van der Waals surface area contributed by atoms with Crippen LogP contribution in [-0.4, -0.2) is 15.7 Å². The molecule has 0 spiro atoms. The molecule has 88 valence electrons. The van der Waals surface area contributed by atoms with Gasteiger partial charge in [0.15, 0.2) is 0 Å². The standard InChI is InChI=1S/C10H8N4O2.ClH/c11-10(12)7-5-4-6-2-1-3-8(14(15)16)9(6)13-7;/h1-5H,(H3,11,12);1H. The second-order valence-corrected chi connectivity index (χ2v) is 3.22. The Kier molecular flexibility index (Phi) is 3.59. The maximum Gasteiger partial charge on any atom is 0.295 e. The van der Waals surface area contributed by atoms with Gasteiger partial charge in [0.1, 0.15) is 17.0 Å². The molecule has 0 bridgehead atoms. The molecular formula is C10H9ClN4O2. The molecule has 2 rings (SSSR count). The van der Waals surface area contributed by atoms with Crippen LogP contribution in [0, 0.1) is 15.5 Å². The number of halogens is 1. The van der Waals surface area contributed by atoms with Gasteiger partial charge in [0.25, 0.3) is 5.69 Å². The number of aromatic nitrogens is 1. The molecule has 0 saturated carbocycles. The summed E-state index contributed by atoms with van der Waals surface area (Å²) in [4.78, 5) is 14.3. The Morgan fingerprint density at radius 3 is 2.65 bits per heavy atom. The molecule has 7 heteroatoms. The van der Waals surface area contributed by atoms with E-state index in [0.29, 0.717) is 5.39 Å². The Morgan fingerprint density at radius 2 is 2.06 bits per heavy atom. The molecular weight excluding hydrogens is 244 g/mol. The van der Waals surface area contributed by atoms with Crippen molar-refractivity contribution in [1.29, 1.82) is 5.41 Å². The number of non-ortho nitro benzene ring substituents is 1. The van der Waals surface area contributed by atoms with E-state index in [9.17, 15) is 10.1 Å². The van der Waals surface area contributed by atoms with Crippen molar-refractivity contribution in [3.05, 3.63) is 46.1 Å². The van der Waals surface area contributed by atoms with Crippen LogP contribution in [0.3, 0.4) is 0 Å². The van der Waals surface area contributed by atoms with Crippen LogP contribution in [0.15, 0.2) is 30.3 Å². The summed E-state index contributed by atoms with van der Waals surface area (Å²) < 4.78 is 0. The molecule has 0 aliphatic heterocycles. The topological polar surface area (TPSA) is 106 Å². The normalized spacial score (nSPS) is 9.65. The van der Waals surface area contributed by atoms with Gasteiger partial charge in [0, 0.05) is 11.5 Å². The molecule has 0 atom stereocenters. The first-order chi connectivity index (χ1) is 7.59. The maximum atomic E-state index is 10.8. The number of amidine groups is 1. The minimum Gasteiger partial charge on any atom is -0.382 e. The van der Waals surface area contributed by atoms with Crippen LogP contribution in [0.2, 0.25) is 0 Å². The Balaban J connectivity index is 0.00000144. The average molecular weight is 253 g/mol. The number of hydrogen-bond acceptors (Lipinski definition) is 4. The van der Waals surface area contributed by atoms with E-state index in [4.69, 9.17) is 11.1 Å². The van der Waals surface area contributed by atoms with Crippen molar-refractivity contribution in [1.82, 2.24) is 4.98 Å². The van der Waals surface area contributed by atoms with Gasteiger partial charge in [-0.05, 0) is 6.07 Å². The number of nitrogens with two attached hydrogens (primary N) is 1. The van der Waals surface area contributed by atoms with E-state index < -0.39 is 4.92 Å². The number of pyridine rings is 1. The number of fused-ring (bicyclic) bond motifs is 1. The van der Waals surface area contributed by atoms with Gasteiger partial charge in [-0.3, -0.25) is 15.5 Å². The summed E-state index contributed by atoms with van der Waals surface area (Å²) in [5.41, 5.74) is 5.69. The predicted octanol–water partition coefficient (Wildman–Crippen LogP) is 1.85. The van der Waals surface area contributed by atoms with Gasteiger partial charge in [-0.2, -0.15) is 0 Å². The van der Waals surface area contributed by atoms with Gasteiger partial charge in [-0.25, -0.2) is 4.98 Å². The zero-order valence-electron chi connectivity index (χ0n) is 8.58. The molecule has 1 aromatic heterocycles. The van der Waals surface area contributed by atoms with Crippen LogP contribution in [0.25, 0.3) is 10.9 Å². The van der Waals surface area contributed by atoms with E-state index >= 15 is 0 Å². The van der Waals surface area contributed by atoms with Gasteiger partial charge < -0.3 is 5.73 Å². The number of nitrogens with zero attached hydrogens (tertiary/aromatic N) is 2. The van der Waals surface area contributed by atoms with Crippen molar-refractivity contribution >= 4 is 34.8 Å². The number of nitro benzene ring substituents is 1. The first-order valence-corrected chi connectivity index (χ1v) is 4.48. The molecule has 17 heavy (non-hydrogen) atoms. The van der Waals surface area contributed by atoms with E-state index in [2.05, 4.69) is 4.98 Å². The van der Waals surface area contributed by atoms with E-state index in [1.807, 2.05) is 0 Å². The van der Waals surface area contributed by atoms with Crippen molar-refractivity contribution in [2.75, 3.05) is 0 Å². The molecule has 0 aliphatic carbocycles. The summed E-state index contributed by atoms with van der Waals surface area (Å²) in [5, 5.41) is 18.7. The lowest BCUT2D eigenvalue weighted by Gasteiger charge is -2.01. The summed E-state index contributed by atoms with van der Waals surface area (Å²) in [5.74, 6) is -0.208. The molecule has 0 radical (unpaired) electrons. The third kappa shape index (κ3) is 2.31. The minimum atomic E-state index is -0.501. The molecule has 1 heterocycles. The molecule has 0 aliphatic rings. The van der Waals surface area contributed by atoms with Crippen LogP contribution >= 0.6 is 12.4 Å². The zero-order valence-corrected chi connectivity index (χ0v) is 9.40. The third-order valence-corrected chi connectivity index (χ3v) is 2.17. The molecule has 0 unspecified atom stereocenters. The van der Waals surface area contributed by atoms with Gasteiger partial charge >= 0.3 is 0 Å². The summed E-state index contributed by atoms with van der Waals surface area (Å²) in [7, 11) is 0. The number of para-hydroxylation sites is 1. The summed E-state index contributed by atoms with van der Waals surface area (Å²) in [6.07, 6.45) is 0. The Bertz CT molecular complexity index is 600. The number of nitrogen functional groups attached to an aromatic ring is 1. The number of nitro groups is 1. The van der Waals surface area contributed by atoms with E-state index in [1.54, 1.807) is 24.3 Å². The largest absolute Gasteiger partial charge is 0.382 e. The van der Waals surface area contributed by atoms with Crippen LogP contribution in [0.1, 0.15) is 5.69 Å². The quantitative estimate of drug-likeness (QED) is 0.368. The van der Waals surface area contributed by atoms with Crippen molar-refractivity contribution in [3.8, 4) is 0 Å². The number of nitrogens with one attached hydrogen (secondary N) is 1. The first-order valence-electron chi connectivity index (χ1n) is 4.48. The van der Waals surface area contributed by atoms with Crippen LogP contribution < -0.4 is 5.73 Å². The summed E-state index contributed by atoms with van der Waals surface area (Å²) >= 11 is 0. The minimum absolute atomic E-state index is 0. The van der Waals surface area contributed by atoms with Gasteiger partial charge in [0.05, 0.1) is 4.92 Å². The smallest absolute Gasteiger partial charge is 0.295 e. The fourth-order valence-electron chi connectivity index (χ4n) is 1.43. The van der Waals surface area contributed by atoms with Crippen molar-refractivity contribution in [3.63, 3.8) is 0 Å². The third-order valence-electron chi connectivity index (χ3n) is 2.17. The zero-order chi connectivity index (χ0) is 11.7. The van der Waals surface area contributed by atoms with Gasteiger partial charge in [0.2, 0.25) is 0 Å². The fraction of sp³-hybridized carbons (Fsp3) is 0. The molecule has 2 aromatic rings. The SMILES string of the molecule is Cl.N=C(N)c1ccc2cccc([N+](=O)[O-])c2n1. The van der Waals surface area contributed by atoms with Crippen molar-refractivity contribution in [2.24, 2.45) is 5.73 Å². The summed E-state index contributed by atoms with van der Waals surface area (Å²) in [6.45, 7) is 0. The molecule has 0 saturated heterocycles. The highest BCUT2D eigenvalue weighted by Gasteiger charge is 2.13. The Morgan fingerprint density at radius 1 is 1.35 bits per heavy atom. The van der Waals surface area contributed by atoms with E-state index in [-0.39, 0.29) is 35.1 Å². The number of rotatable bonds is 2. The van der Waals surface area contributed by atoms with Gasteiger partial charge in [-0.1, -0.05) is 18.2 Å². The monoisotopic (exact) mass is 252 g/mol. The highest BCUT2D eigenvalue weighted by Crippen LogP contribution is 2.23. The van der Waals surface area contributed by atoms with E-state index in [0.717, 1.165) is 0 Å². The lowest BCUT2D eigenvalue weighted by molar-refractivity contribution is -0.383. The highest BCUT2D eigenvalue weighted by molar-refractivity contribution is 5.97. The van der Waals surface area contributed by atoms with Crippen LogP contribution in [-0.2, 0) is 0 Å². The number of hydrogen-bond donors (Lipinski definition) is 2. The molecule has 1 aromatic carbocycles. The highest BCUT2D eigenvalue weighted by atomic mass is 35.5.